The zero-order valence-corrected chi connectivity index (χ0v) is 20.8. The van der Waals surface area contributed by atoms with E-state index in [9.17, 15) is 18.4 Å². The molecule has 6 nitrogen and oxygen atoms in total. The third-order valence-corrected chi connectivity index (χ3v) is 5.99. The molecule has 4 aromatic rings. The van der Waals surface area contributed by atoms with Crippen LogP contribution in [0.15, 0.2) is 71.5 Å². The lowest BCUT2D eigenvalue weighted by atomic mass is 10.1. The molecule has 0 radical (unpaired) electrons. The number of hydrogen-bond donors (Lipinski definition) is 1. The van der Waals surface area contributed by atoms with E-state index in [0.29, 0.717) is 28.8 Å². The van der Waals surface area contributed by atoms with E-state index in [2.05, 4.69) is 5.32 Å². The zero-order chi connectivity index (χ0) is 26.0. The van der Waals surface area contributed by atoms with Gasteiger partial charge in [-0.1, -0.05) is 43.6 Å². The van der Waals surface area contributed by atoms with Crippen LogP contribution in [0.25, 0.3) is 16.6 Å². The first-order valence-corrected chi connectivity index (χ1v) is 11.8. The second-order valence-electron chi connectivity index (χ2n) is 8.89. The van der Waals surface area contributed by atoms with Gasteiger partial charge in [0, 0.05) is 12.2 Å². The van der Waals surface area contributed by atoms with Gasteiger partial charge >= 0.3 is 6.03 Å². The van der Waals surface area contributed by atoms with Gasteiger partial charge in [-0.2, -0.15) is 0 Å². The lowest BCUT2D eigenvalue weighted by molar-refractivity contribution is 0.179. The van der Waals surface area contributed by atoms with Crippen molar-refractivity contribution in [3.8, 4) is 5.69 Å². The molecule has 0 aliphatic heterocycles. The molecule has 186 valence electrons. The highest BCUT2D eigenvalue weighted by Gasteiger charge is 2.28. The number of amides is 2. The highest BCUT2D eigenvalue weighted by atomic mass is 35.5. The smallest absolute Gasteiger partial charge is 0.314 e. The van der Waals surface area contributed by atoms with Crippen molar-refractivity contribution in [1.29, 1.82) is 0 Å². The van der Waals surface area contributed by atoms with Crippen LogP contribution in [0.5, 0.6) is 0 Å². The monoisotopic (exact) mass is 510 g/mol. The van der Waals surface area contributed by atoms with Crippen LogP contribution < -0.4 is 10.9 Å². The summed E-state index contributed by atoms with van der Waals surface area (Å²) in [7, 11) is 0. The van der Waals surface area contributed by atoms with Gasteiger partial charge in [-0.25, -0.2) is 18.6 Å². The fraction of sp³-hybridized carbons (Fsp3) is 0.222. The van der Waals surface area contributed by atoms with Crippen LogP contribution in [0.2, 0.25) is 5.02 Å². The summed E-state index contributed by atoms with van der Waals surface area (Å²) < 4.78 is 29.0. The zero-order valence-electron chi connectivity index (χ0n) is 20.0. The van der Waals surface area contributed by atoms with Crippen molar-refractivity contribution >= 4 is 34.2 Å². The van der Waals surface area contributed by atoms with E-state index < -0.39 is 23.7 Å². The van der Waals surface area contributed by atoms with Gasteiger partial charge in [-0.15, -0.1) is 0 Å². The van der Waals surface area contributed by atoms with Gasteiger partial charge in [0.05, 0.1) is 27.7 Å². The highest BCUT2D eigenvalue weighted by molar-refractivity contribution is 6.30. The molecule has 1 aromatic heterocycles. The number of halogens is 3. The first-order chi connectivity index (χ1) is 17.2. The van der Waals surface area contributed by atoms with Crippen LogP contribution in [0.4, 0.5) is 19.3 Å². The number of benzene rings is 3. The van der Waals surface area contributed by atoms with Crippen LogP contribution in [0.3, 0.4) is 0 Å². The third-order valence-electron chi connectivity index (χ3n) is 5.70. The van der Waals surface area contributed by atoms with Gasteiger partial charge in [0.15, 0.2) is 0 Å². The maximum absolute atomic E-state index is 13.9. The molecule has 0 saturated heterocycles. The van der Waals surface area contributed by atoms with Gasteiger partial charge in [0.1, 0.15) is 17.5 Å². The summed E-state index contributed by atoms with van der Waals surface area (Å²) >= 11 is 6.04. The van der Waals surface area contributed by atoms with Crippen molar-refractivity contribution in [1.82, 2.24) is 14.5 Å². The van der Waals surface area contributed by atoms with Crippen molar-refractivity contribution in [3.63, 3.8) is 0 Å². The lowest BCUT2D eigenvalue weighted by Crippen LogP contribution is -2.41. The van der Waals surface area contributed by atoms with E-state index in [0.717, 1.165) is 0 Å². The minimum absolute atomic E-state index is 0.0756. The van der Waals surface area contributed by atoms with E-state index in [1.807, 2.05) is 13.8 Å². The average Bonchev–Trinajstić information content (AvgIpc) is 2.84. The number of para-hydroxylation sites is 1. The SMILES string of the molecule is CC(C)CN(C(=O)Nc1cccc(F)c1)C(C)c1nc2ccccc2c(=O)n1-c1ccc(F)c(Cl)c1. The number of anilines is 1. The van der Waals surface area contributed by atoms with Crippen LogP contribution in [-0.4, -0.2) is 27.0 Å². The molecule has 0 spiro atoms. The molecular weight excluding hydrogens is 486 g/mol. The molecule has 9 heteroatoms. The van der Waals surface area contributed by atoms with Crippen molar-refractivity contribution in [2.45, 2.75) is 26.8 Å². The number of nitrogens with zero attached hydrogens (tertiary/aromatic N) is 3. The Kier molecular flexibility index (Phi) is 7.35. The minimum atomic E-state index is -0.693. The first kappa shape index (κ1) is 25.3. The molecule has 1 unspecified atom stereocenters. The molecule has 1 N–H and O–H groups in total. The molecule has 36 heavy (non-hydrogen) atoms. The van der Waals surface area contributed by atoms with Gasteiger partial charge in [0.25, 0.3) is 5.56 Å². The quantitative estimate of drug-likeness (QED) is 0.319. The standard InChI is InChI=1S/C27H25ClF2N4O2/c1-16(2)15-33(27(36)31-19-8-6-7-18(29)13-19)17(3)25-32-24-10-5-4-9-21(24)26(35)34(25)20-11-12-23(30)22(28)14-20/h4-14,16-17H,15H2,1-3H3,(H,31,36). The van der Waals surface area contributed by atoms with E-state index in [1.165, 1.54) is 45.9 Å². The molecule has 0 aliphatic carbocycles. The summed E-state index contributed by atoms with van der Waals surface area (Å²) in [6, 6.07) is 15.3. The van der Waals surface area contributed by atoms with Crippen LogP contribution in [0.1, 0.15) is 32.6 Å². The normalized spacial score (nSPS) is 12.1. The van der Waals surface area contributed by atoms with Crippen molar-refractivity contribution in [3.05, 3.63) is 99.6 Å². The number of nitrogens with one attached hydrogen (secondary N) is 1. The molecule has 1 heterocycles. The molecule has 0 fully saturated rings. The molecule has 0 bridgehead atoms. The number of aromatic nitrogens is 2. The Morgan fingerprint density at radius 1 is 1.06 bits per heavy atom. The summed E-state index contributed by atoms with van der Waals surface area (Å²) in [5, 5.41) is 2.95. The highest BCUT2D eigenvalue weighted by Crippen LogP contribution is 2.26. The summed E-state index contributed by atoms with van der Waals surface area (Å²) in [5.41, 5.74) is 0.709. The topological polar surface area (TPSA) is 67.2 Å². The molecule has 0 aliphatic rings. The van der Waals surface area contributed by atoms with Gasteiger partial charge in [0.2, 0.25) is 0 Å². The van der Waals surface area contributed by atoms with Gasteiger partial charge < -0.3 is 10.2 Å². The van der Waals surface area contributed by atoms with E-state index in [-0.39, 0.29) is 22.3 Å². The number of rotatable bonds is 6. The Bertz CT molecular complexity index is 1490. The molecular formula is C27H25ClF2N4O2. The summed E-state index contributed by atoms with van der Waals surface area (Å²) in [5.74, 6) is -0.745. The second-order valence-corrected chi connectivity index (χ2v) is 9.30. The van der Waals surface area contributed by atoms with Crippen molar-refractivity contribution in [2.24, 2.45) is 5.92 Å². The summed E-state index contributed by atoms with van der Waals surface area (Å²) in [6.45, 7) is 5.99. The first-order valence-electron chi connectivity index (χ1n) is 11.5. The van der Waals surface area contributed by atoms with Crippen molar-refractivity contribution < 1.29 is 13.6 Å². The van der Waals surface area contributed by atoms with Crippen LogP contribution in [0, 0.1) is 17.6 Å². The molecule has 2 amide bonds. The molecule has 4 rings (SSSR count). The fourth-order valence-corrected chi connectivity index (χ4v) is 4.19. The van der Waals surface area contributed by atoms with E-state index in [1.54, 1.807) is 37.3 Å². The predicted molar refractivity (Wildman–Crippen MR) is 138 cm³/mol. The summed E-state index contributed by atoms with van der Waals surface area (Å²) in [4.78, 5) is 33.3. The Morgan fingerprint density at radius 3 is 2.50 bits per heavy atom. The Morgan fingerprint density at radius 2 is 1.81 bits per heavy atom. The van der Waals surface area contributed by atoms with E-state index in [4.69, 9.17) is 16.6 Å². The van der Waals surface area contributed by atoms with Gasteiger partial charge in [-0.3, -0.25) is 9.36 Å². The molecule has 0 saturated carbocycles. The number of carbonyl (C=O) groups excluding carboxylic acids is 1. The fourth-order valence-electron chi connectivity index (χ4n) is 4.01. The molecule has 1 atom stereocenters. The predicted octanol–water partition coefficient (Wildman–Crippen LogP) is 6.57. The average molecular weight is 511 g/mol. The van der Waals surface area contributed by atoms with Gasteiger partial charge in [-0.05, 0) is 61.4 Å². The number of fused-ring (bicyclic) bond motifs is 1. The van der Waals surface area contributed by atoms with Crippen molar-refractivity contribution in [2.75, 3.05) is 11.9 Å². The summed E-state index contributed by atoms with van der Waals surface area (Å²) in [6.07, 6.45) is 0. The Labute approximate surface area is 212 Å². The number of carbonyl (C=O) groups is 1. The van der Waals surface area contributed by atoms with Crippen LogP contribution >= 0.6 is 11.6 Å². The number of urea groups is 1. The van der Waals surface area contributed by atoms with E-state index >= 15 is 0 Å². The minimum Gasteiger partial charge on any atom is -0.314 e. The maximum Gasteiger partial charge on any atom is 0.322 e. The lowest BCUT2D eigenvalue weighted by Gasteiger charge is -2.32. The number of hydrogen-bond acceptors (Lipinski definition) is 3. The molecule has 3 aromatic carbocycles. The Hall–Kier alpha value is -3.78. The third kappa shape index (κ3) is 5.23. The Balaban J connectivity index is 1.86. The van der Waals surface area contributed by atoms with Crippen LogP contribution in [-0.2, 0) is 0 Å². The largest absolute Gasteiger partial charge is 0.322 e. The maximum atomic E-state index is 13.9. The second kappa shape index (κ2) is 10.5.